The first-order valence-electron chi connectivity index (χ1n) is 9.16. The minimum atomic E-state index is -0.621. The van der Waals surface area contributed by atoms with Gasteiger partial charge in [-0.2, -0.15) is 0 Å². The van der Waals surface area contributed by atoms with Gasteiger partial charge in [-0.05, 0) is 25.0 Å². The Kier molecular flexibility index (Phi) is 5.40. The van der Waals surface area contributed by atoms with Crippen molar-refractivity contribution in [2.45, 2.75) is 26.7 Å². The number of rotatable bonds is 4. The van der Waals surface area contributed by atoms with Crippen LogP contribution in [0.15, 0.2) is 39.5 Å². The van der Waals surface area contributed by atoms with Crippen molar-refractivity contribution in [3.8, 4) is 0 Å². The predicted molar refractivity (Wildman–Crippen MR) is 99.0 cm³/mol. The van der Waals surface area contributed by atoms with Gasteiger partial charge < -0.3 is 14.2 Å². The van der Waals surface area contributed by atoms with E-state index in [4.69, 9.17) is 4.42 Å². The van der Waals surface area contributed by atoms with Crippen LogP contribution in [0.4, 0.5) is 0 Å². The molecule has 3 rings (SSSR count). The Morgan fingerprint density at radius 2 is 1.65 bits per heavy atom. The van der Waals surface area contributed by atoms with E-state index in [1.165, 1.54) is 0 Å². The summed E-state index contributed by atoms with van der Waals surface area (Å²) in [5.74, 6) is -0.128. The number of hydrogen-bond acceptors (Lipinski definition) is 4. The van der Waals surface area contributed by atoms with Crippen LogP contribution in [0, 0.1) is 5.92 Å². The zero-order valence-corrected chi connectivity index (χ0v) is 15.2. The molecule has 0 unspecified atom stereocenters. The van der Waals surface area contributed by atoms with Crippen molar-refractivity contribution in [2.75, 3.05) is 26.2 Å². The monoisotopic (exact) mass is 356 g/mol. The first-order chi connectivity index (χ1) is 12.5. The number of para-hydroxylation sites is 1. The van der Waals surface area contributed by atoms with Crippen LogP contribution in [0.2, 0.25) is 0 Å². The highest BCUT2D eigenvalue weighted by molar-refractivity contribution is 5.96. The minimum Gasteiger partial charge on any atom is -0.422 e. The lowest BCUT2D eigenvalue weighted by Crippen LogP contribution is -2.52. The largest absolute Gasteiger partial charge is 0.422 e. The van der Waals surface area contributed by atoms with E-state index in [0.29, 0.717) is 31.8 Å². The molecular formula is C20H24N2O4. The Labute approximate surface area is 152 Å². The number of fused-ring (bicyclic) bond motifs is 1. The van der Waals surface area contributed by atoms with Gasteiger partial charge in [0.05, 0.1) is 0 Å². The molecule has 1 aliphatic rings. The minimum absolute atomic E-state index is 0.0449. The van der Waals surface area contributed by atoms with Crippen LogP contribution in [-0.4, -0.2) is 47.8 Å². The number of benzene rings is 1. The summed E-state index contributed by atoms with van der Waals surface area (Å²) in [6.07, 6.45) is 1.65. The first-order valence-corrected chi connectivity index (χ1v) is 9.16. The second kappa shape index (κ2) is 7.72. The van der Waals surface area contributed by atoms with E-state index in [1.54, 1.807) is 29.2 Å². The summed E-state index contributed by atoms with van der Waals surface area (Å²) in [7, 11) is 0. The van der Waals surface area contributed by atoms with E-state index in [2.05, 4.69) is 0 Å². The highest BCUT2D eigenvalue weighted by Crippen LogP contribution is 2.17. The topological polar surface area (TPSA) is 70.8 Å². The second-order valence-corrected chi connectivity index (χ2v) is 6.62. The van der Waals surface area contributed by atoms with Gasteiger partial charge >= 0.3 is 5.63 Å². The molecule has 1 aliphatic heterocycles. The molecule has 1 saturated heterocycles. The van der Waals surface area contributed by atoms with Crippen molar-refractivity contribution in [1.29, 1.82) is 0 Å². The molecule has 2 heterocycles. The maximum absolute atomic E-state index is 12.7. The molecule has 1 aromatic heterocycles. The molecule has 0 aliphatic carbocycles. The molecule has 0 spiro atoms. The lowest BCUT2D eigenvalue weighted by atomic mass is 10.0. The van der Waals surface area contributed by atoms with Crippen molar-refractivity contribution in [3.63, 3.8) is 0 Å². The highest BCUT2D eigenvalue weighted by Gasteiger charge is 2.29. The molecule has 0 saturated carbocycles. The lowest BCUT2D eigenvalue weighted by Gasteiger charge is -2.36. The van der Waals surface area contributed by atoms with Gasteiger partial charge in [0.15, 0.2) is 0 Å². The summed E-state index contributed by atoms with van der Waals surface area (Å²) in [5.41, 5.74) is -0.109. The number of nitrogens with zero attached hydrogens (tertiary/aromatic N) is 2. The molecule has 1 aromatic carbocycles. The molecule has 6 heteroatoms. The quantitative estimate of drug-likeness (QED) is 0.789. The normalized spacial score (nSPS) is 14.9. The van der Waals surface area contributed by atoms with Crippen LogP contribution in [0.25, 0.3) is 11.0 Å². The number of piperazine rings is 1. The van der Waals surface area contributed by atoms with E-state index >= 15 is 0 Å². The molecule has 0 bridgehead atoms. The van der Waals surface area contributed by atoms with Gasteiger partial charge in [0.25, 0.3) is 5.91 Å². The van der Waals surface area contributed by atoms with Crippen molar-refractivity contribution in [3.05, 3.63) is 46.3 Å². The van der Waals surface area contributed by atoms with Crippen LogP contribution in [0.1, 0.15) is 37.0 Å². The Morgan fingerprint density at radius 3 is 2.31 bits per heavy atom. The molecule has 0 atom stereocenters. The van der Waals surface area contributed by atoms with Crippen molar-refractivity contribution >= 4 is 22.8 Å². The predicted octanol–water partition coefficient (Wildman–Crippen LogP) is 2.51. The summed E-state index contributed by atoms with van der Waals surface area (Å²) in [6, 6.07) is 8.71. The zero-order chi connectivity index (χ0) is 18.7. The van der Waals surface area contributed by atoms with Crippen molar-refractivity contribution < 1.29 is 14.0 Å². The number of hydrogen-bond donors (Lipinski definition) is 0. The SMILES string of the molecule is CCC(CC)C(=O)N1CCN(C(=O)c2cc3ccccc3oc2=O)CC1. The molecule has 0 N–H and O–H groups in total. The molecule has 26 heavy (non-hydrogen) atoms. The van der Waals surface area contributed by atoms with Gasteiger partial charge in [-0.15, -0.1) is 0 Å². The summed E-state index contributed by atoms with van der Waals surface area (Å²) >= 11 is 0. The van der Waals surface area contributed by atoms with Gasteiger partial charge in [0.2, 0.25) is 5.91 Å². The average Bonchev–Trinajstić information content (AvgIpc) is 2.68. The molecule has 1 fully saturated rings. The third-order valence-corrected chi connectivity index (χ3v) is 5.09. The van der Waals surface area contributed by atoms with Gasteiger partial charge in [0.1, 0.15) is 11.1 Å². The van der Waals surface area contributed by atoms with Crippen LogP contribution in [0.5, 0.6) is 0 Å². The van der Waals surface area contributed by atoms with E-state index in [9.17, 15) is 14.4 Å². The van der Waals surface area contributed by atoms with E-state index < -0.39 is 5.63 Å². The Morgan fingerprint density at radius 1 is 1.04 bits per heavy atom. The summed E-state index contributed by atoms with van der Waals surface area (Å²) in [6.45, 7) is 5.89. The Balaban J connectivity index is 1.72. The molecule has 138 valence electrons. The number of amides is 2. The standard InChI is InChI=1S/C20H24N2O4/c1-3-14(4-2)18(23)21-9-11-22(12-10-21)19(24)16-13-15-7-5-6-8-17(15)26-20(16)25/h5-8,13-14H,3-4,9-12H2,1-2H3. The third kappa shape index (κ3) is 3.49. The molecule has 2 aromatic rings. The Hall–Kier alpha value is -2.63. The van der Waals surface area contributed by atoms with Gasteiger partial charge in [-0.25, -0.2) is 4.79 Å². The van der Waals surface area contributed by atoms with Crippen LogP contribution < -0.4 is 5.63 Å². The first kappa shape index (κ1) is 18.2. The van der Waals surface area contributed by atoms with Gasteiger partial charge in [-0.1, -0.05) is 32.0 Å². The number of carbonyl (C=O) groups is 2. The van der Waals surface area contributed by atoms with E-state index in [0.717, 1.165) is 18.2 Å². The van der Waals surface area contributed by atoms with Gasteiger partial charge in [-0.3, -0.25) is 9.59 Å². The maximum Gasteiger partial charge on any atom is 0.349 e. The lowest BCUT2D eigenvalue weighted by molar-refractivity contribution is -0.137. The molecule has 6 nitrogen and oxygen atoms in total. The summed E-state index contributed by atoms with van der Waals surface area (Å²) in [4.78, 5) is 40.8. The van der Waals surface area contributed by atoms with Crippen molar-refractivity contribution in [2.24, 2.45) is 5.92 Å². The zero-order valence-electron chi connectivity index (χ0n) is 15.2. The number of carbonyl (C=O) groups excluding carboxylic acids is 2. The average molecular weight is 356 g/mol. The van der Waals surface area contributed by atoms with E-state index in [-0.39, 0.29) is 23.3 Å². The molecule has 2 amide bonds. The van der Waals surface area contributed by atoms with Crippen LogP contribution >= 0.6 is 0 Å². The summed E-state index contributed by atoms with van der Waals surface area (Å²) in [5, 5.41) is 0.720. The maximum atomic E-state index is 12.7. The fraction of sp³-hybridized carbons (Fsp3) is 0.450. The van der Waals surface area contributed by atoms with E-state index in [1.807, 2.05) is 24.8 Å². The van der Waals surface area contributed by atoms with Gasteiger partial charge in [0, 0.05) is 37.5 Å². The van der Waals surface area contributed by atoms with Crippen LogP contribution in [0.3, 0.4) is 0 Å². The third-order valence-electron chi connectivity index (χ3n) is 5.09. The highest BCUT2D eigenvalue weighted by atomic mass is 16.4. The van der Waals surface area contributed by atoms with Crippen LogP contribution in [-0.2, 0) is 4.79 Å². The smallest absolute Gasteiger partial charge is 0.349 e. The fourth-order valence-corrected chi connectivity index (χ4v) is 3.41. The molecular weight excluding hydrogens is 332 g/mol. The summed E-state index contributed by atoms with van der Waals surface area (Å²) < 4.78 is 5.26. The second-order valence-electron chi connectivity index (χ2n) is 6.62. The fourth-order valence-electron chi connectivity index (χ4n) is 3.41. The van der Waals surface area contributed by atoms with Crippen molar-refractivity contribution in [1.82, 2.24) is 9.80 Å². The molecule has 0 radical (unpaired) electrons. The Bertz CT molecular complexity index is 861.